The molecule has 0 aromatic carbocycles. The Labute approximate surface area is 136 Å². The van der Waals surface area contributed by atoms with Crippen LogP contribution in [0.3, 0.4) is 0 Å². The van der Waals surface area contributed by atoms with Crippen molar-refractivity contribution in [2.24, 2.45) is 0 Å². The quantitative estimate of drug-likeness (QED) is 0.868. The molecule has 0 N–H and O–H groups in total. The molecule has 23 heavy (non-hydrogen) atoms. The summed E-state index contributed by atoms with van der Waals surface area (Å²) in [6, 6.07) is 5.76. The highest BCUT2D eigenvalue weighted by Gasteiger charge is 2.27. The van der Waals surface area contributed by atoms with Crippen molar-refractivity contribution in [2.75, 3.05) is 19.7 Å². The first-order chi connectivity index (χ1) is 11.2. The lowest BCUT2D eigenvalue weighted by Gasteiger charge is -2.32. The average molecular weight is 314 g/mol. The Morgan fingerprint density at radius 2 is 2.26 bits per heavy atom. The van der Waals surface area contributed by atoms with Crippen molar-refractivity contribution in [1.29, 1.82) is 0 Å². The van der Waals surface area contributed by atoms with Gasteiger partial charge >= 0.3 is 0 Å². The van der Waals surface area contributed by atoms with Gasteiger partial charge in [0, 0.05) is 25.5 Å². The summed E-state index contributed by atoms with van der Waals surface area (Å²) in [5.41, 5.74) is 2.47. The molecule has 2 aromatic rings. The summed E-state index contributed by atoms with van der Waals surface area (Å²) in [5, 5.41) is 4.35. The highest BCUT2D eigenvalue weighted by Crippen LogP contribution is 2.21. The van der Waals surface area contributed by atoms with Gasteiger partial charge in [-0.15, -0.1) is 0 Å². The smallest absolute Gasteiger partial charge is 0.274 e. The summed E-state index contributed by atoms with van der Waals surface area (Å²) in [5.74, 6) is -0.0414. The fourth-order valence-electron chi connectivity index (χ4n) is 2.67. The van der Waals surface area contributed by atoms with Gasteiger partial charge in [0.25, 0.3) is 5.91 Å². The standard InChI is InChI=1S/C17H22N4O2/c1-3-7-21-8-6-15(19-21)17(22)20-9-10-23-16(12-20)14-5-4-13(2)11-18-14/h4-6,8,11,16H,3,7,9-10,12H2,1-2H3/t16-/m1/s1. The van der Waals surface area contributed by atoms with Crippen LogP contribution in [0.5, 0.6) is 0 Å². The van der Waals surface area contributed by atoms with Crippen LogP contribution in [0.2, 0.25) is 0 Å². The highest BCUT2D eigenvalue weighted by molar-refractivity contribution is 5.92. The zero-order valence-corrected chi connectivity index (χ0v) is 13.6. The molecule has 6 nitrogen and oxygen atoms in total. The molecule has 122 valence electrons. The van der Waals surface area contributed by atoms with Crippen LogP contribution in [0.25, 0.3) is 0 Å². The lowest BCUT2D eigenvalue weighted by Crippen LogP contribution is -2.42. The first-order valence-electron chi connectivity index (χ1n) is 8.04. The van der Waals surface area contributed by atoms with E-state index in [2.05, 4.69) is 17.0 Å². The SMILES string of the molecule is CCCn1ccc(C(=O)N2CCO[C@@H](c3ccc(C)cn3)C2)n1. The minimum Gasteiger partial charge on any atom is -0.368 e. The van der Waals surface area contributed by atoms with E-state index in [0.29, 0.717) is 25.4 Å². The number of carbonyl (C=O) groups excluding carboxylic acids is 1. The van der Waals surface area contributed by atoms with E-state index in [1.54, 1.807) is 11.0 Å². The second-order valence-corrected chi connectivity index (χ2v) is 5.84. The van der Waals surface area contributed by atoms with Crippen molar-refractivity contribution >= 4 is 5.91 Å². The maximum Gasteiger partial charge on any atom is 0.274 e. The number of rotatable bonds is 4. The van der Waals surface area contributed by atoms with Gasteiger partial charge in [-0.25, -0.2) is 0 Å². The molecule has 0 bridgehead atoms. The van der Waals surface area contributed by atoms with Gasteiger partial charge in [0.15, 0.2) is 0 Å². The molecule has 0 unspecified atom stereocenters. The van der Waals surface area contributed by atoms with Gasteiger partial charge in [0.05, 0.1) is 18.8 Å². The third-order valence-electron chi connectivity index (χ3n) is 3.93. The van der Waals surface area contributed by atoms with Crippen LogP contribution in [0.1, 0.15) is 41.2 Å². The summed E-state index contributed by atoms with van der Waals surface area (Å²) >= 11 is 0. The summed E-state index contributed by atoms with van der Waals surface area (Å²) in [4.78, 5) is 18.8. The van der Waals surface area contributed by atoms with Gasteiger partial charge < -0.3 is 9.64 Å². The zero-order valence-electron chi connectivity index (χ0n) is 13.6. The Kier molecular flexibility index (Phi) is 4.71. The van der Waals surface area contributed by atoms with Crippen molar-refractivity contribution in [2.45, 2.75) is 32.9 Å². The van der Waals surface area contributed by atoms with Gasteiger partial charge in [-0.2, -0.15) is 5.10 Å². The molecule has 1 fully saturated rings. The van der Waals surface area contributed by atoms with E-state index in [1.165, 1.54) is 0 Å². The molecule has 1 saturated heterocycles. The van der Waals surface area contributed by atoms with E-state index >= 15 is 0 Å². The van der Waals surface area contributed by atoms with Gasteiger partial charge in [-0.3, -0.25) is 14.5 Å². The Balaban J connectivity index is 1.69. The molecule has 2 aromatic heterocycles. The van der Waals surface area contributed by atoms with Gasteiger partial charge in [-0.1, -0.05) is 13.0 Å². The Morgan fingerprint density at radius 1 is 1.39 bits per heavy atom. The summed E-state index contributed by atoms with van der Waals surface area (Å²) in [7, 11) is 0. The molecule has 1 aliphatic rings. The predicted molar refractivity (Wildman–Crippen MR) is 86.1 cm³/mol. The van der Waals surface area contributed by atoms with Crippen molar-refractivity contribution < 1.29 is 9.53 Å². The maximum atomic E-state index is 12.6. The number of aromatic nitrogens is 3. The molecular weight excluding hydrogens is 292 g/mol. The number of morpholine rings is 1. The monoisotopic (exact) mass is 314 g/mol. The topological polar surface area (TPSA) is 60.2 Å². The number of aryl methyl sites for hydroxylation is 2. The first kappa shape index (κ1) is 15.7. The number of nitrogens with zero attached hydrogens (tertiary/aromatic N) is 4. The van der Waals surface area contributed by atoms with Crippen LogP contribution in [0.15, 0.2) is 30.6 Å². The number of hydrogen-bond donors (Lipinski definition) is 0. The molecule has 0 spiro atoms. The number of hydrogen-bond acceptors (Lipinski definition) is 4. The molecular formula is C17H22N4O2. The van der Waals surface area contributed by atoms with Gasteiger partial charge in [-0.05, 0) is 31.0 Å². The lowest BCUT2D eigenvalue weighted by atomic mass is 10.1. The molecule has 3 rings (SSSR count). The normalized spacial score (nSPS) is 18.2. The van der Waals surface area contributed by atoms with E-state index in [0.717, 1.165) is 24.2 Å². The van der Waals surface area contributed by atoms with E-state index in [-0.39, 0.29) is 12.0 Å². The minimum atomic E-state index is -0.175. The molecule has 0 radical (unpaired) electrons. The van der Waals surface area contributed by atoms with Crippen molar-refractivity contribution in [3.63, 3.8) is 0 Å². The molecule has 6 heteroatoms. The van der Waals surface area contributed by atoms with Crippen LogP contribution < -0.4 is 0 Å². The fraction of sp³-hybridized carbons (Fsp3) is 0.471. The van der Waals surface area contributed by atoms with Crippen LogP contribution in [-0.4, -0.2) is 45.3 Å². The van der Waals surface area contributed by atoms with Crippen LogP contribution in [-0.2, 0) is 11.3 Å². The van der Waals surface area contributed by atoms with Gasteiger partial charge in [0.1, 0.15) is 11.8 Å². The van der Waals surface area contributed by atoms with Crippen molar-refractivity contribution in [3.8, 4) is 0 Å². The van der Waals surface area contributed by atoms with E-state index in [9.17, 15) is 4.79 Å². The molecule has 3 heterocycles. The first-order valence-corrected chi connectivity index (χ1v) is 8.04. The van der Waals surface area contributed by atoms with Crippen molar-refractivity contribution in [3.05, 3.63) is 47.5 Å². The fourth-order valence-corrected chi connectivity index (χ4v) is 2.67. The molecule has 1 atom stereocenters. The van der Waals surface area contributed by atoms with Crippen LogP contribution in [0, 0.1) is 6.92 Å². The predicted octanol–water partition coefficient (Wildman–Crippen LogP) is 2.21. The second-order valence-electron chi connectivity index (χ2n) is 5.84. The molecule has 0 saturated carbocycles. The number of pyridine rings is 1. The second kappa shape index (κ2) is 6.91. The number of amides is 1. The molecule has 1 amide bonds. The lowest BCUT2D eigenvalue weighted by molar-refractivity contribution is -0.0249. The zero-order chi connectivity index (χ0) is 16.2. The minimum absolute atomic E-state index is 0.0414. The van der Waals surface area contributed by atoms with Gasteiger partial charge in [0.2, 0.25) is 0 Å². The van der Waals surface area contributed by atoms with Crippen molar-refractivity contribution in [1.82, 2.24) is 19.7 Å². The largest absolute Gasteiger partial charge is 0.368 e. The highest BCUT2D eigenvalue weighted by atomic mass is 16.5. The van der Waals surface area contributed by atoms with E-state index in [4.69, 9.17) is 4.74 Å². The van der Waals surface area contributed by atoms with E-state index in [1.807, 2.05) is 36.1 Å². The maximum absolute atomic E-state index is 12.6. The third kappa shape index (κ3) is 3.59. The number of ether oxygens (including phenoxy) is 1. The van der Waals surface area contributed by atoms with Crippen LogP contribution >= 0.6 is 0 Å². The third-order valence-corrected chi connectivity index (χ3v) is 3.93. The molecule has 1 aliphatic heterocycles. The Morgan fingerprint density at radius 3 is 3.00 bits per heavy atom. The van der Waals surface area contributed by atoms with E-state index < -0.39 is 0 Å². The summed E-state index contributed by atoms with van der Waals surface area (Å²) in [6.07, 6.45) is 4.50. The van der Waals surface area contributed by atoms with Crippen LogP contribution in [0.4, 0.5) is 0 Å². The molecule has 0 aliphatic carbocycles. The Hall–Kier alpha value is -2.21. The Bertz CT molecular complexity index is 665. The summed E-state index contributed by atoms with van der Waals surface area (Å²) < 4.78 is 7.59. The average Bonchev–Trinajstić information content (AvgIpc) is 3.04. The summed E-state index contributed by atoms with van der Waals surface area (Å²) in [6.45, 7) is 6.52. The number of carbonyl (C=O) groups is 1.